The van der Waals surface area contributed by atoms with Crippen molar-refractivity contribution < 1.29 is 14.3 Å². The highest BCUT2D eigenvalue weighted by atomic mass is 32.1. The van der Waals surface area contributed by atoms with Gasteiger partial charge in [0.05, 0.1) is 7.11 Å². The molecule has 2 aromatic heterocycles. The Hall–Kier alpha value is -2.74. The Balaban J connectivity index is 1.59. The van der Waals surface area contributed by atoms with Crippen LogP contribution in [0.3, 0.4) is 0 Å². The highest BCUT2D eigenvalue weighted by Gasteiger charge is 2.11. The lowest BCUT2D eigenvalue weighted by molar-refractivity contribution is -0.144. The molecular weight excluding hydrogens is 342 g/mol. The van der Waals surface area contributed by atoms with Crippen LogP contribution < -0.4 is 10.3 Å². The second-order valence-electron chi connectivity index (χ2n) is 5.40. The second kappa shape index (κ2) is 7.43. The molecule has 0 amide bonds. The van der Waals surface area contributed by atoms with E-state index in [1.165, 1.54) is 21.9 Å². The SMILES string of the molecule is COc1ccccc1CCC(=O)OCc1nn2c(=O)cc(C)nc2s1. The molecule has 0 bridgehead atoms. The number of aryl methyl sites for hydroxylation is 2. The molecule has 130 valence electrons. The van der Waals surface area contributed by atoms with E-state index in [0.29, 0.717) is 22.1 Å². The van der Waals surface area contributed by atoms with E-state index in [4.69, 9.17) is 9.47 Å². The van der Waals surface area contributed by atoms with Crippen LogP contribution in [-0.2, 0) is 22.6 Å². The second-order valence-corrected chi connectivity index (χ2v) is 6.44. The van der Waals surface area contributed by atoms with Crippen LogP contribution in [0.1, 0.15) is 22.7 Å². The van der Waals surface area contributed by atoms with E-state index in [0.717, 1.165) is 11.3 Å². The first-order valence-electron chi connectivity index (χ1n) is 7.71. The molecule has 7 nitrogen and oxygen atoms in total. The molecule has 3 aromatic rings. The van der Waals surface area contributed by atoms with Crippen LogP contribution in [0.15, 0.2) is 35.1 Å². The maximum absolute atomic E-state index is 12.0. The van der Waals surface area contributed by atoms with Crippen LogP contribution in [0.2, 0.25) is 0 Å². The number of para-hydroxylation sites is 1. The average Bonchev–Trinajstić information content (AvgIpc) is 3.01. The normalized spacial score (nSPS) is 10.8. The molecule has 0 fully saturated rings. The fourth-order valence-corrected chi connectivity index (χ4v) is 3.24. The third-order valence-corrected chi connectivity index (χ3v) is 4.44. The minimum atomic E-state index is -0.332. The minimum Gasteiger partial charge on any atom is -0.496 e. The summed E-state index contributed by atoms with van der Waals surface area (Å²) in [7, 11) is 1.60. The van der Waals surface area contributed by atoms with Gasteiger partial charge in [0, 0.05) is 18.2 Å². The fraction of sp³-hybridized carbons (Fsp3) is 0.294. The van der Waals surface area contributed by atoms with Gasteiger partial charge in [-0.1, -0.05) is 29.5 Å². The van der Waals surface area contributed by atoms with Crippen molar-refractivity contribution in [3.63, 3.8) is 0 Å². The molecule has 0 aliphatic carbocycles. The lowest BCUT2D eigenvalue weighted by Gasteiger charge is -2.07. The van der Waals surface area contributed by atoms with Gasteiger partial charge in [0.15, 0.2) is 5.01 Å². The van der Waals surface area contributed by atoms with E-state index in [-0.39, 0.29) is 24.6 Å². The number of aromatic nitrogens is 3. The maximum atomic E-state index is 12.0. The van der Waals surface area contributed by atoms with E-state index in [1.807, 2.05) is 24.3 Å². The summed E-state index contributed by atoms with van der Waals surface area (Å²) in [6.07, 6.45) is 0.769. The topological polar surface area (TPSA) is 82.8 Å². The Bertz CT molecular complexity index is 964. The van der Waals surface area contributed by atoms with Crippen LogP contribution >= 0.6 is 11.3 Å². The fourth-order valence-electron chi connectivity index (χ4n) is 2.38. The van der Waals surface area contributed by atoms with Gasteiger partial charge in [0.25, 0.3) is 5.56 Å². The first-order valence-corrected chi connectivity index (χ1v) is 8.52. The third-order valence-electron chi connectivity index (χ3n) is 3.56. The first-order chi connectivity index (χ1) is 12.1. The monoisotopic (exact) mass is 359 g/mol. The number of carbonyl (C=O) groups excluding carboxylic acids is 1. The summed E-state index contributed by atoms with van der Waals surface area (Å²) in [5, 5.41) is 4.66. The van der Waals surface area contributed by atoms with Gasteiger partial charge >= 0.3 is 5.97 Å². The summed E-state index contributed by atoms with van der Waals surface area (Å²) in [6, 6.07) is 8.97. The predicted octanol–water partition coefficient (Wildman–Crippen LogP) is 2.14. The number of carbonyl (C=O) groups is 1. The van der Waals surface area contributed by atoms with Crippen molar-refractivity contribution in [2.45, 2.75) is 26.4 Å². The van der Waals surface area contributed by atoms with Gasteiger partial charge in [-0.05, 0) is 25.0 Å². The number of benzene rings is 1. The van der Waals surface area contributed by atoms with E-state index in [1.54, 1.807) is 14.0 Å². The number of ether oxygens (including phenoxy) is 2. The maximum Gasteiger partial charge on any atom is 0.306 e. The molecule has 1 aromatic carbocycles. The molecule has 0 aliphatic rings. The standard InChI is InChI=1S/C17H17N3O4S/c1-11-9-15(21)20-17(18-11)25-14(19-20)10-24-16(22)8-7-12-5-3-4-6-13(12)23-2/h3-6,9H,7-8,10H2,1-2H3. The molecule has 8 heteroatoms. The highest BCUT2D eigenvalue weighted by Crippen LogP contribution is 2.19. The molecule has 25 heavy (non-hydrogen) atoms. The van der Waals surface area contributed by atoms with E-state index >= 15 is 0 Å². The van der Waals surface area contributed by atoms with Crippen molar-refractivity contribution in [1.82, 2.24) is 14.6 Å². The van der Waals surface area contributed by atoms with Crippen molar-refractivity contribution >= 4 is 22.3 Å². The van der Waals surface area contributed by atoms with Gasteiger partial charge in [-0.25, -0.2) is 4.98 Å². The number of rotatable bonds is 6. The molecule has 0 saturated carbocycles. The number of fused-ring (bicyclic) bond motifs is 1. The summed E-state index contributed by atoms with van der Waals surface area (Å²) >= 11 is 1.23. The smallest absolute Gasteiger partial charge is 0.306 e. The van der Waals surface area contributed by atoms with Crippen LogP contribution in [0.5, 0.6) is 5.75 Å². The Kier molecular flexibility index (Phi) is 5.08. The molecule has 0 N–H and O–H groups in total. The average molecular weight is 359 g/mol. The van der Waals surface area contributed by atoms with E-state index < -0.39 is 0 Å². The molecule has 0 atom stereocenters. The lowest BCUT2D eigenvalue weighted by Crippen LogP contribution is -2.14. The van der Waals surface area contributed by atoms with Crippen molar-refractivity contribution in [3.05, 3.63) is 57.0 Å². The molecule has 0 aliphatic heterocycles. The Morgan fingerprint density at radius 2 is 2.12 bits per heavy atom. The number of esters is 1. The first kappa shape index (κ1) is 17.1. The van der Waals surface area contributed by atoms with Crippen LogP contribution in [0, 0.1) is 6.92 Å². The Morgan fingerprint density at radius 1 is 1.32 bits per heavy atom. The molecular formula is C17H17N3O4S. The summed E-state index contributed by atoms with van der Waals surface area (Å²) < 4.78 is 11.7. The molecule has 0 spiro atoms. The largest absolute Gasteiger partial charge is 0.496 e. The molecule has 3 rings (SSSR count). The van der Waals surface area contributed by atoms with Gasteiger partial charge in [0.1, 0.15) is 12.4 Å². The zero-order valence-electron chi connectivity index (χ0n) is 13.9. The number of hydrogen-bond acceptors (Lipinski definition) is 7. The van der Waals surface area contributed by atoms with Gasteiger partial charge in [-0.2, -0.15) is 9.61 Å². The Labute approximate surface area is 147 Å². The third kappa shape index (κ3) is 4.03. The van der Waals surface area contributed by atoms with Crippen LogP contribution in [0.4, 0.5) is 0 Å². The Morgan fingerprint density at radius 3 is 2.92 bits per heavy atom. The minimum absolute atomic E-state index is 0.0251. The lowest BCUT2D eigenvalue weighted by atomic mass is 10.1. The summed E-state index contributed by atoms with van der Waals surface area (Å²) in [5.74, 6) is 0.420. The number of methoxy groups -OCH3 is 1. The van der Waals surface area contributed by atoms with E-state index in [2.05, 4.69) is 10.1 Å². The molecule has 0 unspecified atom stereocenters. The predicted molar refractivity (Wildman–Crippen MR) is 93.0 cm³/mol. The van der Waals surface area contributed by atoms with Gasteiger partial charge in [0.2, 0.25) is 4.96 Å². The van der Waals surface area contributed by atoms with E-state index in [9.17, 15) is 9.59 Å². The van der Waals surface area contributed by atoms with Crippen LogP contribution in [0.25, 0.3) is 4.96 Å². The van der Waals surface area contributed by atoms with Crippen molar-refractivity contribution in [3.8, 4) is 5.75 Å². The van der Waals surface area contributed by atoms with Crippen molar-refractivity contribution in [2.75, 3.05) is 7.11 Å². The summed E-state index contributed by atoms with van der Waals surface area (Å²) in [6.45, 7) is 1.77. The zero-order chi connectivity index (χ0) is 17.8. The van der Waals surface area contributed by atoms with Crippen LogP contribution in [-0.4, -0.2) is 27.7 Å². The molecule has 0 radical (unpaired) electrons. The molecule has 2 heterocycles. The van der Waals surface area contributed by atoms with Gasteiger partial charge in [-0.3, -0.25) is 9.59 Å². The molecule has 0 saturated heterocycles. The van der Waals surface area contributed by atoms with Crippen molar-refractivity contribution in [1.29, 1.82) is 0 Å². The zero-order valence-corrected chi connectivity index (χ0v) is 14.7. The van der Waals surface area contributed by atoms with Gasteiger partial charge < -0.3 is 9.47 Å². The number of nitrogens with zero attached hydrogens (tertiary/aromatic N) is 3. The summed E-state index contributed by atoms with van der Waals surface area (Å²) in [5.41, 5.74) is 1.34. The quantitative estimate of drug-likeness (QED) is 0.627. The number of hydrogen-bond donors (Lipinski definition) is 0. The van der Waals surface area contributed by atoms with Gasteiger partial charge in [-0.15, -0.1) is 0 Å². The highest BCUT2D eigenvalue weighted by molar-refractivity contribution is 7.16. The summed E-state index contributed by atoms with van der Waals surface area (Å²) in [4.78, 5) is 28.5. The van der Waals surface area contributed by atoms with Crippen molar-refractivity contribution in [2.24, 2.45) is 0 Å².